The van der Waals surface area contributed by atoms with E-state index in [-0.39, 0.29) is 17.4 Å². The molecule has 1 aliphatic rings. The van der Waals surface area contributed by atoms with Crippen LogP contribution in [0.3, 0.4) is 0 Å². The van der Waals surface area contributed by atoms with Crippen LogP contribution >= 0.6 is 0 Å². The average molecular weight is 156 g/mol. The number of ketones is 1. The summed E-state index contributed by atoms with van der Waals surface area (Å²) in [5.41, 5.74) is 5.63. The molecule has 0 saturated carbocycles. The molecule has 1 heterocycles. The minimum atomic E-state index is -0.319. The quantitative estimate of drug-likeness (QED) is 0.581. The Bertz CT molecular complexity index is 177. The van der Waals surface area contributed by atoms with Crippen LogP contribution in [-0.4, -0.2) is 35.9 Å². The van der Waals surface area contributed by atoms with Crippen LogP contribution in [0.1, 0.15) is 20.3 Å². The first kappa shape index (κ1) is 8.68. The Kier molecular flexibility index (Phi) is 2.03. The molecular formula is C8H16N2O. The summed E-state index contributed by atoms with van der Waals surface area (Å²) >= 11 is 0. The summed E-state index contributed by atoms with van der Waals surface area (Å²) in [6, 6.07) is -0.0810. The molecule has 0 aromatic rings. The van der Waals surface area contributed by atoms with Crippen molar-refractivity contribution in [2.75, 3.05) is 13.6 Å². The van der Waals surface area contributed by atoms with E-state index in [0.717, 1.165) is 13.0 Å². The second kappa shape index (κ2) is 2.57. The van der Waals surface area contributed by atoms with Gasteiger partial charge in [0, 0.05) is 12.1 Å². The lowest BCUT2D eigenvalue weighted by Gasteiger charge is -2.27. The smallest absolute Gasteiger partial charge is 0.148 e. The van der Waals surface area contributed by atoms with Gasteiger partial charge in [0.15, 0.2) is 0 Å². The number of hydrogen-bond acceptors (Lipinski definition) is 3. The van der Waals surface area contributed by atoms with E-state index in [1.807, 2.05) is 18.9 Å². The van der Waals surface area contributed by atoms with E-state index < -0.39 is 0 Å². The van der Waals surface area contributed by atoms with Gasteiger partial charge in [-0.15, -0.1) is 0 Å². The molecule has 0 spiro atoms. The number of Topliss-reactive ketones (excluding diaryl/α,β-unsaturated/α-hetero) is 1. The van der Waals surface area contributed by atoms with Crippen LogP contribution in [0, 0.1) is 0 Å². The van der Waals surface area contributed by atoms with Gasteiger partial charge in [0.25, 0.3) is 0 Å². The molecule has 2 atom stereocenters. The van der Waals surface area contributed by atoms with E-state index >= 15 is 0 Å². The van der Waals surface area contributed by atoms with Crippen molar-refractivity contribution < 1.29 is 4.79 Å². The van der Waals surface area contributed by atoms with Gasteiger partial charge in [-0.05, 0) is 27.3 Å². The number of likely N-dealkylation sites (N-methyl/N-ethyl adjacent to an activating group) is 1. The third kappa shape index (κ3) is 1.44. The van der Waals surface area contributed by atoms with Crippen molar-refractivity contribution in [1.82, 2.24) is 4.90 Å². The van der Waals surface area contributed by atoms with Crippen molar-refractivity contribution in [1.29, 1.82) is 0 Å². The predicted octanol–water partition coefficient (Wildman–Crippen LogP) is -0.00310. The second-order valence-electron chi connectivity index (χ2n) is 3.75. The molecule has 0 aromatic carbocycles. The highest BCUT2D eigenvalue weighted by atomic mass is 16.1. The maximum atomic E-state index is 11.2. The van der Waals surface area contributed by atoms with Crippen molar-refractivity contribution in [3.05, 3.63) is 0 Å². The Morgan fingerprint density at radius 2 is 2.27 bits per heavy atom. The molecule has 0 unspecified atom stereocenters. The van der Waals surface area contributed by atoms with E-state index in [1.165, 1.54) is 0 Å². The Balaban J connectivity index is 2.80. The van der Waals surface area contributed by atoms with Crippen LogP contribution in [-0.2, 0) is 4.79 Å². The van der Waals surface area contributed by atoms with Crippen LogP contribution in [0.25, 0.3) is 0 Å². The normalized spacial score (nSPS) is 39.5. The molecule has 0 aliphatic carbocycles. The Hall–Kier alpha value is -0.410. The lowest BCUT2D eigenvalue weighted by Crippen LogP contribution is -2.51. The topological polar surface area (TPSA) is 46.3 Å². The fourth-order valence-electron chi connectivity index (χ4n) is 1.96. The van der Waals surface area contributed by atoms with Gasteiger partial charge in [0.1, 0.15) is 5.78 Å². The monoisotopic (exact) mass is 156 g/mol. The molecule has 3 nitrogen and oxygen atoms in total. The van der Waals surface area contributed by atoms with Gasteiger partial charge in [-0.2, -0.15) is 0 Å². The summed E-state index contributed by atoms with van der Waals surface area (Å²) in [4.78, 5) is 13.2. The van der Waals surface area contributed by atoms with Crippen molar-refractivity contribution in [3.63, 3.8) is 0 Å². The standard InChI is InChI=1S/C8H16N2O/c1-6(11)7-8(2,9)4-5-10(7)3/h7H,4-5,9H2,1-3H3/t7-,8+/m1/s1. The molecular weight excluding hydrogens is 140 g/mol. The van der Waals surface area contributed by atoms with E-state index in [9.17, 15) is 4.79 Å². The first-order valence-electron chi connectivity index (χ1n) is 3.95. The fourth-order valence-corrected chi connectivity index (χ4v) is 1.96. The number of carbonyl (C=O) groups excluding carboxylic acids is 1. The van der Waals surface area contributed by atoms with Gasteiger partial charge in [-0.1, -0.05) is 0 Å². The average Bonchev–Trinajstić information content (AvgIpc) is 2.06. The summed E-state index contributed by atoms with van der Waals surface area (Å²) < 4.78 is 0. The van der Waals surface area contributed by atoms with Crippen molar-refractivity contribution in [2.45, 2.75) is 31.8 Å². The molecule has 1 fully saturated rings. The third-order valence-electron chi connectivity index (χ3n) is 2.45. The third-order valence-corrected chi connectivity index (χ3v) is 2.45. The van der Waals surface area contributed by atoms with Crippen LogP contribution in [0.15, 0.2) is 0 Å². The van der Waals surface area contributed by atoms with Crippen LogP contribution in [0.4, 0.5) is 0 Å². The molecule has 1 saturated heterocycles. The highest BCUT2D eigenvalue weighted by Gasteiger charge is 2.41. The van der Waals surface area contributed by atoms with E-state index in [2.05, 4.69) is 0 Å². The number of hydrogen-bond donors (Lipinski definition) is 1. The maximum absolute atomic E-state index is 11.2. The number of rotatable bonds is 1. The molecule has 3 heteroatoms. The number of nitrogens with two attached hydrogens (primary N) is 1. The van der Waals surface area contributed by atoms with Crippen molar-refractivity contribution in [2.24, 2.45) is 5.73 Å². The molecule has 0 aromatic heterocycles. The van der Waals surface area contributed by atoms with Gasteiger partial charge >= 0.3 is 0 Å². The molecule has 11 heavy (non-hydrogen) atoms. The predicted molar refractivity (Wildman–Crippen MR) is 44.3 cm³/mol. The summed E-state index contributed by atoms with van der Waals surface area (Å²) in [6.45, 7) is 4.48. The summed E-state index contributed by atoms with van der Waals surface area (Å²) in [6.07, 6.45) is 0.910. The van der Waals surface area contributed by atoms with Crippen molar-refractivity contribution >= 4 is 5.78 Å². The van der Waals surface area contributed by atoms with E-state index in [4.69, 9.17) is 5.73 Å². The van der Waals surface area contributed by atoms with Crippen molar-refractivity contribution in [3.8, 4) is 0 Å². The van der Waals surface area contributed by atoms with Crippen LogP contribution < -0.4 is 5.73 Å². The Labute approximate surface area is 67.5 Å². The van der Waals surface area contributed by atoms with Gasteiger partial charge < -0.3 is 5.73 Å². The molecule has 1 rings (SSSR count). The molecule has 2 N–H and O–H groups in total. The maximum Gasteiger partial charge on any atom is 0.148 e. The summed E-state index contributed by atoms with van der Waals surface area (Å²) in [7, 11) is 1.95. The van der Waals surface area contributed by atoms with Gasteiger partial charge in [0.2, 0.25) is 0 Å². The zero-order valence-corrected chi connectivity index (χ0v) is 7.42. The zero-order valence-electron chi connectivity index (χ0n) is 7.42. The van der Waals surface area contributed by atoms with E-state index in [0.29, 0.717) is 0 Å². The SMILES string of the molecule is CC(=O)[C@H]1N(C)CC[C@]1(C)N. The lowest BCUT2D eigenvalue weighted by atomic mass is 9.91. The number of nitrogens with zero attached hydrogens (tertiary/aromatic N) is 1. The first-order chi connectivity index (χ1) is 4.95. The molecule has 0 amide bonds. The largest absolute Gasteiger partial charge is 0.324 e. The number of likely N-dealkylation sites (tertiary alicyclic amines) is 1. The summed E-state index contributed by atoms with van der Waals surface area (Å²) in [5.74, 6) is 0.176. The molecule has 0 radical (unpaired) electrons. The van der Waals surface area contributed by atoms with Gasteiger partial charge in [-0.3, -0.25) is 9.69 Å². The second-order valence-corrected chi connectivity index (χ2v) is 3.75. The highest BCUT2D eigenvalue weighted by molar-refractivity contribution is 5.83. The summed E-state index contributed by atoms with van der Waals surface area (Å²) in [5, 5.41) is 0. The Morgan fingerprint density at radius 1 is 1.73 bits per heavy atom. The zero-order chi connectivity index (χ0) is 8.65. The molecule has 0 bridgehead atoms. The van der Waals surface area contributed by atoms with E-state index in [1.54, 1.807) is 6.92 Å². The molecule has 64 valence electrons. The fraction of sp³-hybridized carbons (Fsp3) is 0.875. The van der Waals surface area contributed by atoms with Gasteiger partial charge in [0.05, 0.1) is 6.04 Å². The molecule has 1 aliphatic heterocycles. The first-order valence-corrected chi connectivity index (χ1v) is 3.95. The highest BCUT2D eigenvalue weighted by Crippen LogP contribution is 2.24. The van der Waals surface area contributed by atoms with Crippen LogP contribution in [0.2, 0.25) is 0 Å². The lowest BCUT2D eigenvalue weighted by molar-refractivity contribution is -0.122. The van der Waals surface area contributed by atoms with Gasteiger partial charge in [-0.25, -0.2) is 0 Å². The minimum Gasteiger partial charge on any atom is -0.324 e. The Morgan fingerprint density at radius 3 is 2.45 bits per heavy atom. The number of carbonyl (C=O) groups is 1. The minimum absolute atomic E-state index is 0.0810. The van der Waals surface area contributed by atoms with Crippen LogP contribution in [0.5, 0.6) is 0 Å².